The van der Waals surface area contributed by atoms with Gasteiger partial charge in [0.25, 0.3) is 0 Å². The van der Waals surface area contributed by atoms with Crippen LogP contribution in [0.5, 0.6) is 0 Å². The zero-order valence-electron chi connectivity index (χ0n) is 7.47. The quantitative estimate of drug-likeness (QED) is 0.772. The number of nitrogens with zero attached hydrogens (tertiary/aromatic N) is 1. The number of hydrogen-bond donors (Lipinski definition) is 1. The highest BCUT2D eigenvalue weighted by molar-refractivity contribution is 5.86. The molecule has 1 aromatic rings. The van der Waals surface area contributed by atoms with E-state index in [-0.39, 0.29) is 0 Å². The summed E-state index contributed by atoms with van der Waals surface area (Å²) in [5.41, 5.74) is 0.702. The van der Waals surface area contributed by atoms with Crippen molar-refractivity contribution in [1.29, 1.82) is 0 Å². The van der Waals surface area contributed by atoms with Gasteiger partial charge in [-0.3, -0.25) is 4.90 Å². The fraction of sp³-hybridized carbons (Fsp3) is 0.200. The van der Waals surface area contributed by atoms with Crippen LogP contribution >= 0.6 is 0 Å². The van der Waals surface area contributed by atoms with Crippen LogP contribution < -0.4 is 4.90 Å². The topological polar surface area (TPSA) is 40.5 Å². The first-order chi connectivity index (χ1) is 6.25. The van der Waals surface area contributed by atoms with Crippen molar-refractivity contribution in [3.8, 4) is 0 Å². The van der Waals surface area contributed by atoms with Crippen molar-refractivity contribution in [3.63, 3.8) is 0 Å². The van der Waals surface area contributed by atoms with Gasteiger partial charge in [-0.15, -0.1) is 0 Å². The van der Waals surface area contributed by atoms with Crippen molar-refractivity contribution in [3.05, 3.63) is 36.8 Å². The maximum Gasteiger partial charge on any atom is 0.411 e. The Morgan fingerprint density at radius 2 is 2.08 bits per heavy atom. The number of rotatable bonds is 3. The molecule has 0 bridgehead atoms. The molecule has 1 rings (SSSR count). The van der Waals surface area contributed by atoms with Crippen LogP contribution in [0, 0.1) is 6.42 Å². The lowest BCUT2D eigenvalue weighted by Crippen LogP contribution is -2.29. The van der Waals surface area contributed by atoms with E-state index in [4.69, 9.17) is 5.11 Å². The van der Waals surface area contributed by atoms with Gasteiger partial charge in [0.1, 0.15) is 0 Å². The summed E-state index contributed by atoms with van der Waals surface area (Å²) in [6.45, 7) is 2.25. The highest BCUT2D eigenvalue weighted by atomic mass is 16.4. The molecule has 0 spiro atoms. The SMILES string of the molecule is C[CH]CN(C(=O)O)c1ccccc1. The van der Waals surface area contributed by atoms with E-state index in [0.29, 0.717) is 12.2 Å². The molecule has 1 N–H and O–H groups in total. The molecule has 1 radical (unpaired) electrons. The molecule has 0 aliphatic rings. The Hall–Kier alpha value is -1.51. The molecule has 13 heavy (non-hydrogen) atoms. The van der Waals surface area contributed by atoms with Crippen LogP contribution in [-0.2, 0) is 0 Å². The van der Waals surface area contributed by atoms with E-state index in [2.05, 4.69) is 0 Å². The molecule has 1 amide bonds. The van der Waals surface area contributed by atoms with Crippen LogP contribution in [-0.4, -0.2) is 17.7 Å². The summed E-state index contributed by atoms with van der Waals surface area (Å²) in [5.74, 6) is 0. The van der Waals surface area contributed by atoms with Crippen LogP contribution in [0.4, 0.5) is 10.5 Å². The second-order valence-corrected chi connectivity index (χ2v) is 2.64. The molecule has 0 saturated carbocycles. The number of amides is 1. The molecule has 0 aliphatic carbocycles. The fourth-order valence-corrected chi connectivity index (χ4v) is 1.08. The van der Waals surface area contributed by atoms with Gasteiger partial charge >= 0.3 is 6.09 Å². The Balaban J connectivity index is 2.82. The minimum Gasteiger partial charge on any atom is -0.465 e. The summed E-state index contributed by atoms with van der Waals surface area (Å²) in [7, 11) is 0. The maximum atomic E-state index is 10.8. The zero-order valence-corrected chi connectivity index (χ0v) is 7.47. The summed E-state index contributed by atoms with van der Waals surface area (Å²) in [4.78, 5) is 12.1. The molecule has 0 heterocycles. The van der Waals surface area contributed by atoms with Crippen LogP contribution in [0.1, 0.15) is 6.92 Å². The number of anilines is 1. The lowest BCUT2D eigenvalue weighted by atomic mass is 10.3. The predicted molar refractivity (Wildman–Crippen MR) is 51.8 cm³/mol. The van der Waals surface area contributed by atoms with Gasteiger partial charge in [-0.2, -0.15) is 0 Å². The average Bonchev–Trinajstić information content (AvgIpc) is 2.15. The van der Waals surface area contributed by atoms with Gasteiger partial charge in [0, 0.05) is 12.2 Å². The van der Waals surface area contributed by atoms with E-state index in [1.54, 1.807) is 18.6 Å². The van der Waals surface area contributed by atoms with Gasteiger partial charge in [0.15, 0.2) is 0 Å². The summed E-state index contributed by atoms with van der Waals surface area (Å²) < 4.78 is 0. The van der Waals surface area contributed by atoms with Gasteiger partial charge in [0.2, 0.25) is 0 Å². The Morgan fingerprint density at radius 3 is 2.54 bits per heavy atom. The third-order valence-electron chi connectivity index (χ3n) is 1.66. The fourth-order valence-electron chi connectivity index (χ4n) is 1.08. The third kappa shape index (κ3) is 2.47. The number of hydrogen-bond acceptors (Lipinski definition) is 1. The van der Waals surface area contributed by atoms with Crippen LogP contribution in [0.3, 0.4) is 0 Å². The summed E-state index contributed by atoms with van der Waals surface area (Å²) >= 11 is 0. The van der Waals surface area contributed by atoms with E-state index in [9.17, 15) is 4.79 Å². The van der Waals surface area contributed by atoms with Crippen molar-refractivity contribution in [2.24, 2.45) is 0 Å². The van der Waals surface area contributed by atoms with Crippen molar-refractivity contribution in [1.82, 2.24) is 0 Å². The highest BCUT2D eigenvalue weighted by Gasteiger charge is 2.11. The largest absolute Gasteiger partial charge is 0.465 e. The standard InChI is InChI=1S/C10H12NO2/c1-2-8-11(10(12)13)9-6-4-3-5-7-9/h2-7H,8H2,1H3,(H,12,13). The number of carboxylic acid groups (broad SMARTS) is 1. The smallest absolute Gasteiger partial charge is 0.411 e. The van der Waals surface area contributed by atoms with Gasteiger partial charge < -0.3 is 5.11 Å². The Labute approximate surface area is 77.6 Å². The molecule has 1 aromatic carbocycles. The molecular weight excluding hydrogens is 166 g/mol. The molecule has 0 atom stereocenters. The molecule has 0 aliphatic heterocycles. The first-order valence-electron chi connectivity index (χ1n) is 4.09. The van der Waals surface area contributed by atoms with Crippen molar-refractivity contribution < 1.29 is 9.90 Å². The second kappa shape index (κ2) is 4.50. The van der Waals surface area contributed by atoms with E-state index in [1.165, 1.54) is 4.90 Å². The molecule has 0 saturated heterocycles. The van der Waals surface area contributed by atoms with E-state index >= 15 is 0 Å². The summed E-state index contributed by atoms with van der Waals surface area (Å²) in [6.07, 6.45) is 0.880. The summed E-state index contributed by atoms with van der Waals surface area (Å²) in [5, 5.41) is 8.86. The summed E-state index contributed by atoms with van der Waals surface area (Å²) in [6, 6.07) is 9.05. The Kier molecular flexibility index (Phi) is 3.31. The highest BCUT2D eigenvalue weighted by Crippen LogP contribution is 2.13. The Bertz CT molecular complexity index is 272. The molecule has 3 nitrogen and oxygen atoms in total. The lowest BCUT2D eigenvalue weighted by Gasteiger charge is -2.17. The van der Waals surface area contributed by atoms with Crippen LogP contribution in [0.25, 0.3) is 0 Å². The number of carbonyl (C=O) groups is 1. The number of para-hydroxylation sites is 1. The molecule has 0 aromatic heterocycles. The normalized spacial score (nSPS) is 9.62. The van der Waals surface area contributed by atoms with Gasteiger partial charge in [0.05, 0.1) is 0 Å². The second-order valence-electron chi connectivity index (χ2n) is 2.64. The first kappa shape index (κ1) is 9.58. The first-order valence-corrected chi connectivity index (χ1v) is 4.09. The average molecular weight is 178 g/mol. The monoisotopic (exact) mass is 178 g/mol. The van der Waals surface area contributed by atoms with Gasteiger partial charge in [-0.25, -0.2) is 4.79 Å². The van der Waals surface area contributed by atoms with Crippen LogP contribution in [0.15, 0.2) is 30.3 Å². The van der Waals surface area contributed by atoms with Crippen molar-refractivity contribution in [2.45, 2.75) is 6.92 Å². The molecule has 69 valence electrons. The number of benzene rings is 1. The van der Waals surface area contributed by atoms with Gasteiger partial charge in [-0.1, -0.05) is 25.1 Å². The third-order valence-corrected chi connectivity index (χ3v) is 1.66. The predicted octanol–water partition coefficient (Wildman–Crippen LogP) is 2.40. The van der Waals surface area contributed by atoms with Gasteiger partial charge in [-0.05, 0) is 18.6 Å². The molecule has 0 fully saturated rings. The molecule has 3 heteroatoms. The van der Waals surface area contributed by atoms with E-state index < -0.39 is 6.09 Å². The minimum atomic E-state index is -0.927. The van der Waals surface area contributed by atoms with Crippen LogP contribution in [0.2, 0.25) is 0 Å². The molecular formula is C10H12NO2. The van der Waals surface area contributed by atoms with E-state index in [1.807, 2.05) is 25.1 Å². The zero-order chi connectivity index (χ0) is 9.68. The van der Waals surface area contributed by atoms with E-state index in [0.717, 1.165) is 0 Å². The van der Waals surface area contributed by atoms with Crippen molar-refractivity contribution in [2.75, 3.05) is 11.4 Å². The maximum absolute atomic E-state index is 10.8. The lowest BCUT2D eigenvalue weighted by molar-refractivity contribution is 0.202. The Morgan fingerprint density at radius 1 is 1.46 bits per heavy atom. The molecule has 0 unspecified atom stereocenters. The van der Waals surface area contributed by atoms with Crippen molar-refractivity contribution >= 4 is 11.8 Å². The minimum absolute atomic E-state index is 0.416.